The molecule has 18 heavy (non-hydrogen) atoms. The Morgan fingerprint density at radius 2 is 2.17 bits per heavy atom. The number of ether oxygens (including phenoxy) is 1. The number of benzene rings is 1. The Balaban J connectivity index is 2.61. The molecule has 0 heterocycles. The molecule has 0 radical (unpaired) electrons. The van der Waals surface area contributed by atoms with Gasteiger partial charge in [0, 0.05) is 5.56 Å². The molecule has 0 saturated carbocycles. The second kappa shape index (κ2) is 7.36. The van der Waals surface area contributed by atoms with Crippen molar-refractivity contribution in [2.75, 3.05) is 13.2 Å². The smallest absolute Gasteiger partial charge is 0.251 e. The van der Waals surface area contributed by atoms with Crippen LogP contribution in [0.1, 0.15) is 23.7 Å². The Morgan fingerprint density at radius 3 is 2.67 bits per heavy atom. The molecule has 0 aliphatic heterocycles. The molecule has 0 saturated heterocycles. The maximum absolute atomic E-state index is 11.8. The summed E-state index contributed by atoms with van der Waals surface area (Å²) in [6, 6.07) is 6.48. The van der Waals surface area contributed by atoms with E-state index >= 15 is 0 Å². The van der Waals surface area contributed by atoms with Crippen molar-refractivity contribution >= 4 is 5.91 Å². The van der Waals surface area contributed by atoms with Crippen LogP contribution in [0.15, 0.2) is 24.3 Å². The van der Waals surface area contributed by atoms with E-state index in [2.05, 4.69) is 11.2 Å². The van der Waals surface area contributed by atoms with E-state index < -0.39 is 0 Å². The Kier molecular flexibility index (Phi) is 5.75. The van der Waals surface area contributed by atoms with Crippen molar-refractivity contribution in [2.24, 2.45) is 0 Å². The lowest BCUT2D eigenvalue weighted by atomic mass is 10.1. The van der Waals surface area contributed by atoms with Gasteiger partial charge in [0.25, 0.3) is 5.91 Å². The maximum Gasteiger partial charge on any atom is 0.251 e. The van der Waals surface area contributed by atoms with Crippen LogP contribution in [0.5, 0.6) is 5.75 Å². The summed E-state index contributed by atoms with van der Waals surface area (Å²) in [7, 11) is 0. The molecule has 0 aromatic heterocycles. The fourth-order valence-corrected chi connectivity index (χ4v) is 1.37. The van der Waals surface area contributed by atoms with E-state index in [4.69, 9.17) is 16.3 Å². The summed E-state index contributed by atoms with van der Waals surface area (Å²) < 4.78 is 5.21. The zero-order valence-electron chi connectivity index (χ0n) is 10.3. The molecular formula is C14H17NO3. The first kappa shape index (κ1) is 14.1. The number of carbonyl (C=O) groups is 1. The summed E-state index contributed by atoms with van der Waals surface area (Å²) in [5.74, 6) is 2.78. The second-order valence-electron chi connectivity index (χ2n) is 3.78. The number of carbonyl (C=O) groups excluding carboxylic acids is 1. The van der Waals surface area contributed by atoms with Crippen molar-refractivity contribution in [1.29, 1.82) is 0 Å². The van der Waals surface area contributed by atoms with Crippen molar-refractivity contribution in [1.82, 2.24) is 5.32 Å². The number of aliphatic hydroxyl groups is 1. The van der Waals surface area contributed by atoms with Gasteiger partial charge >= 0.3 is 0 Å². The van der Waals surface area contributed by atoms with Gasteiger partial charge in [0.1, 0.15) is 12.4 Å². The summed E-state index contributed by atoms with van der Waals surface area (Å²) in [5, 5.41) is 11.7. The standard InChI is InChI=1S/C14H17NO3/c1-3-9-18-13-7-5-11(6-8-13)14(17)15-12(4-2)10-16/h1,5-8,12,16H,4,9-10H2,2H3,(H,15,17). The van der Waals surface area contributed by atoms with Gasteiger partial charge in [-0.2, -0.15) is 0 Å². The molecule has 1 atom stereocenters. The first-order valence-corrected chi connectivity index (χ1v) is 5.79. The van der Waals surface area contributed by atoms with Crippen molar-refractivity contribution < 1.29 is 14.6 Å². The lowest BCUT2D eigenvalue weighted by Gasteiger charge is -2.14. The Hall–Kier alpha value is -1.99. The Morgan fingerprint density at radius 1 is 1.50 bits per heavy atom. The van der Waals surface area contributed by atoms with Gasteiger partial charge < -0.3 is 15.2 Å². The molecule has 1 rings (SSSR count). The minimum absolute atomic E-state index is 0.0639. The molecule has 4 heteroatoms. The van der Waals surface area contributed by atoms with Gasteiger partial charge in [-0.25, -0.2) is 0 Å². The van der Waals surface area contributed by atoms with E-state index in [1.54, 1.807) is 24.3 Å². The van der Waals surface area contributed by atoms with E-state index in [0.717, 1.165) is 0 Å². The van der Waals surface area contributed by atoms with Crippen LogP contribution in [0.2, 0.25) is 0 Å². The summed E-state index contributed by atoms with van der Waals surface area (Å²) in [6.45, 7) is 2.04. The van der Waals surface area contributed by atoms with Crippen LogP contribution in [0.4, 0.5) is 0 Å². The van der Waals surface area contributed by atoms with Gasteiger partial charge in [-0.05, 0) is 30.7 Å². The molecule has 1 amide bonds. The minimum atomic E-state index is -0.213. The second-order valence-corrected chi connectivity index (χ2v) is 3.78. The molecule has 1 unspecified atom stereocenters. The van der Waals surface area contributed by atoms with Gasteiger partial charge in [0.2, 0.25) is 0 Å². The molecule has 4 nitrogen and oxygen atoms in total. The molecule has 2 N–H and O–H groups in total. The first-order chi connectivity index (χ1) is 8.71. The van der Waals surface area contributed by atoms with Gasteiger partial charge in [-0.1, -0.05) is 12.8 Å². The van der Waals surface area contributed by atoms with Gasteiger partial charge in [-0.15, -0.1) is 6.42 Å². The minimum Gasteiger partial charge on any atom is -0.481 e. The average molecular weight is 247 g/mol. The molecule has 0 fully saturated rings. The van der Waals surface area contributed by atoms with Crippen LogP contribution in [0, 0.1) is 12.3 Å². The molecule has 0 bridgehead atoms. The monoisotopic (exact) mass is 247 g/mol. The van der Waals surface area contributed by atoms with E-state index in [1.807, 2.05) is 6.92 Å². The normalized spacial score (nSPS) is 11.4. The topological polar surface area (TPSA) is 58.6 Å². The third-order valence-corrected chi connectivity index (χ3v) is 2.49. The third-order valence-electron chi connectivity index (χ3n) is 2.49. The van der Waals surface area contributed by atoms with Gasteiger partial charge in [0.05, 0.1) is 12.6 Å². The lowest BCUT2D eigenvalue weighted by molar-refractivity contribution is 0.0915. The lowest BCUT2D eigenvalue weighted by Crippen LogP contribution is -2.36. The Labute approximate surface area is 107 Å². The predicted molar refractivity (Wildman–Crippen MR) is 69.4 cm³/mol. The van der Waals surface area contributed by atoms with Crippen molar-refractivity contribution in [3.63, 3.8) is 0 Å². The van der Waals surface area contributed by atoms with Gasteiger partial charge in [0.15, 0.2) is 0 Å². The fourth-order valence-electron chi connectivity index (χ4n) is 1.37. The van der Waals surface area contributed by atoms with Crippen molar-refractivity contribution in [3.8, 4) is 18.1 Å². The molecule has 1 aromatic carbocycles. The number of rotatable bonds is 6. The van der Waals surface area contributed by atoms with Crippen LogP contribution in [-0.4, -0.2) is 30.3 Å². The maximum atomic E-state index is 11.8. The number of hydrogen-bond acceptors (Lipinski definition) is 3. The van der Waals surface area contributed by atoms with Crippen LogP contribution in [0.3, 0.4) is 0 Å². The zero-order chi connectivity index (χ0) is 13.4. The summed E-state index contributed by atoms with van der Waals surface area (Å²) in [6.07, 6.45) is 5.76. The zero-order valence-corrected chi connectivity index (χ0v) is 10.3. The van der Waals surface area contributed by atoms with Crippen LogP contribution >= 0.6 is 0 Å². The highest BCUT2D eigenvalue weighted by molar-refractivity contribution is 5.94. The highest BCUT2D eigenvalue weighted by Gasteiger charge is 2.10. The largest absolute Gasteiger partial charge is 0.481 e. The number of amides is 1. The van der Waals surface area contributed by atoms with E-state index in [-0.39, 0.29) is 25.2 Å². The van der Waals surface area contributed by atoms with Gasteiger partial charge in [-0.3, -0.25) is 4.79 Å². The summed E-state index contributed by atoms with van der Waals surface area (Å²) in [4.78, 5) is 11.8. The van der Waals surface area contributed by atoms with Crippen molar-refractivity contribution in [2.45, 2.75) is 19.4 Å². The summed E-state index contributed by atoms with van der Waals surface area (Å²) >= 11 is 0. The predicted octanol–water partition coefficient (Wildman–Crippen LogP) is 1.20. The number of hydrogen-bond donors (Lipinski definition) is 2. The average Bonchev–Trinajstić information content (AvgIpc) is 2.42. The van der Waals surface area contributed by atoms with E-state index in [9.17, 15) is 4.79 Å². The first-order valence-electron chi connectivity index (χ1n) is 5.79. The highest BCUT2D eigenvalue weighted by atomic mass is 16.5. The quantitative estimate of drug-likeness (QED) is 0.743. The van der Waals surface area contributed by atoms with Crippen molar-refractivity contribution in [3.05, 3.63) is 29.8 Å². The number of aliphatic hydroxyl groups excluding tert-OH is 1. The third kappa shape index (κ3) is 4.11. The molecule has 1 aromatic rings. The van der Waals surface area contributed by atoms with Crippen LogP contribution in [-0.2, 0) is 0 Å². The fraction of sp³-hybridized carbons (Fsp3) is 0.357. The molecular weight excluding hydrogens is 230 g/mol. The van der Waals surface area contributed by atoms with Crippen LogP contribution in [0.25, 0.3) is 0 Å². The van der Waals surface area contributed by atoms with Crippen LogP contribution < -0.4 is 10.1 Å². The van der Waals surface area contributed by atoms with E-state index in [0.29, 0.717) is 17.7 Å². The molecule has 0 aliphatic rings. The van der Waals surface area contributed by atoms with E-state index in [1.165, 1.54) is 0 Å². The highest BCUT2D eigenvalue weighted by Crippen LogP contribution is 2.12. The molecule has 96 valence electrons. The molecule has 0 aliphatic carbocycles. The summed E-state index contributed by atoms with van der Waals surface area (Å²) in [5.41, 5.74) is 0.523. The number of nitrogens with one attached hydrogen (secondary N) is 1. The Bertz CT molecular complexity index is 416. The number of terminal acetylenes is 1. The molecule has 0 spiro atoms. The SMILES string of the molecule is C#CCOc1ccc(C(=O)NC(CC)CO)cc1.